The third-order valence-electron chi connectivity index (χ3n) is 3.29. The van der Waals surface area contributed by atoms with Crippen molar-refractivity contribution in [2.45, 2.75) is 13.0 Å². The molecule has 1 atom stereocenters. The van der Waals surface area contributed by atoms with Gasteiger partial charge in [0.15, 0.2) is 5.01 Å². The fourth-order valence-corrected chi connectivity index (χ4v) is 2.98. The molecule has 0 saturated heterocycles. The van der Waals surface area contributed by atoms with Gasteiger partial charge in [-0.15, -0.1) is 10.2 Å². The van der Waals surface area contributed by atoms with Crippen molar-refractivity contribution < 1.29 is 4.39 Å². The number of aromatic nitrogens is 2. The number of nitrogens with two attached hydrogens (primary N) is 1. The average molecular weight is 299 g/mol. The first-order valence-electron chi connectivity index (χ1n) is 6.56. The lowest BCUT2D eigenvalue weighted by Gasteiger charge is -2.07. The molecule has 0 aliphatic heterocycles. The van der Waals surface area contributed by atoms with E-state index < -0.39 is 0 Å². The van der Waals surface area contributed by atoms with Gasteiger partial charge >= 0.3 is 0 Å². The van der Waals surface area contributed by atoms with E-state index in [4.69, 9.17) is 5.73 Å². The summed E-state index contributed by atoms with van der Waals surface area (Å²) in [6, 6.07) is 14.6. The van der Waals surface area contributed by atoms with E-state index in [1.165, 1.54) is 11.3 Å². The summed E-state index contributed by atoms with van der Waals surface area (Å²) < 4.78 is 14.1. The zero-order valence-electron chi connectivity index (χ0n) is 11.5. The number of nitrogens with zero attached hydrogens (tertiary/aromatic N) is 2. The lowest BCUT2D eigenvalue weighted by Crippen LogP contribution is -2.11. The molecule has 2 aromatic carbocycles. The molecule has 0 bridgehead atoms. The number of hydrogen-bond donors (Lipinski definition) is 1. The first-order chi connectivity index (χ1) is 10.2. The van der Waals surface area contributed by atoms with Crippen molar-refractivity contribution in [3.63, 3.8) is 0 Å². The molecule has 5 heteroatoms. The molecule has 21 heavy (non-hydrogen) atoms. The molecule has 3 rings (SSSR count). The van der Waals surface area contributed by atoms with Crippen molar-refractivity contribution >= 4 is 11.3 Å². The van der Waals surface area contributed by atoms with Crippen LogP contribution in [0.4, 0.5) is 4.39 Å². The molecule has 1 aromatic heterocycles. The predicted molar refractivity (Wildman–Crippen MR) is 82.5 cm³/mol. The maximum Gasteiger partial charge on any atom is 0.150 e. The van der Waals surface area contributed by atoms with E-state index >= 15 is 0 Å². The highest BCUT2D eigenvalue weighted by molar-refractivity contribution is 7.14. The minimum absolute atomic E-state index is 0.256. The Morgan fingerprint density at radius 2 is 1.81 bits per heavy atom. The van der Waals surface area contributed by atoms with Gasteiger partial charge in [0.25, 0.3) is 0 Å². The molecule has 3 aromatic rings. The third kappa shape index (κ3) is 2.70. The first kappa shape index (κ1) is 13.9. The van der Waals surface area contributed by atoms with Crippen LogP contribution in [0.5, 0.6) is 0 Å². The molecule has 0 fully saturated rings. The molecule has 0 spiro atoms. The summed E-state index contributed by atoms with van der Waals surface area (Å²) in [6.07, 6.45) is 0. The van der Waals surface area contributed by atoms with E-state index in [-0.39, 0.29) is 11.9 Å². The monoisotopic (exact) mass is 299 g/mol. The standard InChI is InChI=1S/C16H14FN3S/c1-10-6-5-9-12(13(10)17)15-19-20-16(21-15)14(18)11-7-3-2-4-8-11/h2-9,14H,18H2,1H3. The van der Waals surface area contributed by atoms with Crippen molar-refractivity contribution in [3.05, 3.63) is 70.5 Å². The Labute approximate surface area is 126 Å². The van der Waals surface area contributed by atoms with E-state index in [0.717, 1.165) is 5.56 Å². The van der Waals surface area contributed by atoms with Gasteiger partial charge in [0.2, 0.25) is 0 Å². The van der Waals surface area contributed by atoms with Crippen LogP contribution >= 0.6 is 11.3 Å². The number of benzene rings is 2. The van der Waals surface area contributed by atoms with E-state index in [1.54, 1.807) is 19.1 Å². The quantitative estimate of drug-likeness (QED) is 0.802. The van der Waals surface area contributed by atoms with Gasteiger partial charge < -0.3 is 5.73 Å². The highest BCUT2D eigenvalue weighted by atomic mass is 32.1. The van der Waals surface area contributed by atoms with Gasteiger partial charge in [0.05, 0.1) is 6.04 Å². The van der Waals surface area contributed by atoms with E-state index in [9.17, 15) is 4.39 Å². The maximum atomic E-state index is 14.1. The summed E-state index contributed by atoms with van der Waals surface area (Å²) in [7, 11) is 0. The summed E-state index contributed by atoms with van der Waals surface area (Å²) in [5.41, 5.74) is 8.22. The predicted octanol–water partition coefficient (Wildman–Crippen LogP) is 3.70. The highest BCUT2D eigenvalue weighted by Gasteiger charge is 2.17. The summed E-state index contributed by atoms with van der Waals surface area (Å²) in [5.74, 6) is -0.256. The molecule has 1 heterocycles. The molecule has 0 amide bonds. The van der Waals surface area contributed by atoms with E-state index in [0.29, 0.717) is 21.1 Å². The van der Waals surface area contributed by atoms with Crippen molar-refractivity contribution in [1.82, 2.24) is 10.2 Å². The smallest absolute Gasteiger partial charge is 0.150 e. The fraction of sp³-hybridized carbons (Fsp3) is 0.125. The lowest BCUT2D eigenvalue weighted by atomic mass is 10.1. The molecule has 2 N–H and O–H groups in total. The van der Waals surface area contributed by atoms with Crippen molar-refractivity contribution in [3.8, 4) is 10.6 Å². The average Bonchev–Trinajstić information content (AvgIpc) is 3.00. The Morgan fingerprint density at radius 1 is 1.05 bits per heavy atom. The Balaban J connectivity index is 1.95. The highest BCUT2D eigenvalue weighted by Crippen LogP contribution is 2.31. The van der Waals surface area contributed by atoms with Crippen LogP contribution in [0.3, 0.4) is 0 Å². The topological polar surface area (TPSA) is 51.8 Å². The normalized spacial score (nSPS) is 12.3. The molecule has 3 nitrogen and oxygen atoms in total. The van der Waals surface area contributed by atoms with Crippen LogP contribution in [0.2, 0.25) is 0 Å². The van der Waals surface area contributed by atoms with Crippen LogP contribution < -0.4 is 5.73 Å². The Kier molecular flexibility index (Phi) is 3.77. The van der Waals surface area contributed by atoms with Gasteiger partial charge in [-0.05, 0) is 24.1 Å². The van der Waals surface area contributed by atoms with Gasteiger partial charge in [-0.1, -0.05) is 53.8 Å². The van der Waals surface area contributed by atoms with Gasteiger partial charge in [0.1, 0.15) is 10.8 Å². The van der Waals surface area contributed by atoms with Crippen LogP contribution in [-0.2, 0) is 0 Å². The van der Waals surface area contributed by atoms with Crippen molar-refractivity contribution in [2.24, 2.45) is 5.73 Å². The Morgan fingerprint density at radius 3 is 2.57 bits per heavy atom. The zero-order chi connectivity index (χ0) is 14.8. The second-order valence-corrected chi connectivity index (χ2v) is 5.78. The summed E-state index contributed by atoms with van der Waals surface area (Å²) in [6.45, 7) is 1.73. The summed E-state index contributed by atoms with van der Waals surface area (Å²) in [5, 5.41) is 9.43. The fourth-order valence-electron chi connectivity index (χ4n) is 2.08. The second kappa shape index (κ2) is 5.71. The second-order valence-electron chi connectivity index (χ2n) is 4.77. The van der Waals surface area contributed by atoms with Gasteiger partial charge in [0, 0.05) is 5.56 Å². The molecule has 106 valence electrons. The Bertz CT molecular complexity index is 755. The molecule has 1 unspecified atom stereocenters. The lowest BCUT2D eigenvalue weighted by molar-refractivity contribution is 0.621. The van der Waals surface area contributed by atoms with Crippen LogP contribution in [0.25, 0.3) is 10.6 Å². The number of halogens is 1. The molecular weight excluding hydrogens is 285 g/mol. The van der Waals surface area contributed by atoms with Crippen LogP contribution in [0, 0.1) is 12.7 Å². The van der Waals surface area contributed by atoms with Gasteiger partial charge in [-0.3, -0.25) is 0 Å². The first-order valence-corrected chi connectivity index (χ1v) is 7.38. The maximum absolute atomic E-state index is 14.1. The van der Waals surface area contributed by atoms with Crippen molar-refractivity contribution in [1.29, 1.82) is 0 Å². The van der Waals surface area contributed by atoms with Crippen LogP contribution in [0.15, 0.2) is 48.5 Å². The van der Waals surface area contributed by atoms with Crippen LogP contribution in [0.1, 0.15) is 22.2 Å². The largest absolute Gasteiger partial charge is 0.318 e. The zero-order valence-corrected chi connectivity index (χ0v) is 12.3. The van der Waals surface area contributed by atoms with Gasteiger partial charge in [-0.2, -0.15) is 0 Å². The van der Waals surface area contributed by atoms with E-state index in [2.05, 4.69) is 10.2 Å². The summed E-state index contributed by atoms with van der Waals surface area (Å²) >= 11 is 1.32. The summed E-state index contributed by atoms with van der Waals surface area (Å²) in [4.78, 5) is 0. The van der Waals surface area contributed by atoms with Crippen LogP contribution in [-0.4, -0.2) is 10.2 Å². The minimum Gasteiger partial charge on any atom is -0.318 e. The van der Waals surface area contributed by atoms with Crippen molar-refractivity contribution in [2.75, 3.05) is 0 Å². The number of rotatable bonds is 3. The van der Waals surface area contributed by atoms with Gasteiger partial charge in [-0.25, -0.2) is 4.39 Å². The minimum atomic E-state index is -0.342. The molecule has 0 aliphatic rings. The SMILES string of the molecule is Cc1cccc(-c2nnc(C(N)c3ccccc3)s2)c1F. The molecule has 0 radical (unpaired) electrons. The molecular formula is C16H14FN3S. The number of aryl methyl sites for hydroxylation is 1. The van der Waals surface area contributed by atoms with E-state index in [1.807, 2.05) is 36.4 Å². The number of hydrogen-bond acceptors (Lipinski definition) is 4. The third-order valence-corrected chi connectivity index (χ3v) is 4.33. The Hall–Kier alpha value is -2.11. The molecule has 0 saturated carbocycles. The molecule has 0 aliphatic carbocycles.